The van der Waals surface area contributed by atoms with E-state index in [1.165, 1.54) is 0 Å². The van der Waals surface area contributed by atoms with E-state index in [-0.39, 0.29) is 12.1 Å². The topological polar surface area (TPSA) is 29.5 Å². The minimum absolute atomic E-state index is 0.251. The van der Waals surface area contributed by atoms with E-state index in [9.17, 15) is 4.79 Å². The Morgan fingerprint density at radius 3 is 2.14 bits per heavy atom. The van der Waals surface area contributed by atoms with Gasteiger partial charge in [0.1, 0.15) is 24.2 Å². The lowest BCUT2D eigenvalue weighted by atomic mass is 10.0. The number of carbonyl (C=O) groups is 1. The first-order valence-electron chi connectivity index (χ1n) is 7.16. The van der Waals surface area contributed by atoms with Gasteiger partial charge in [-0.3, -0.25) is 0 Å². The normalized spacial score (nSPS) is 24.0. The number of hydrogen-bond donors (Lipinski definition) is 0. The first kappa shape index (κ1) is 13.8. The molecule has 0 amide bonds. The Kier molecular flexibility index (Phi) is 3.52. The van der Waals surface area contributed by atoms with Crippen molar-refractivity contribution in [3.05, 3.63) is 66.2 Å². The smallest absolute Gasteiger partial charge is 0.145 e. The molecule has 0 saturated carbocycles. The molecule has 1 aliphatic heterocycles. The third-order valence-corrected chi connectivity index (χ3v) is 3.91. The molecule has 1 aliphatic rings. The summed E-state index contributed by atoms with van der Waals surface area (Å²) >= 11 is 0. The molecule has 108 valence electrons. The third-order valence-electron chi connectivity index (χ3n) is 3.91. The van der Waals surface area contributed by atoms with Gasteiger partial charge in [0.25, 0.3) is 0 Å². The molecule has 0 bridgehead atoms. The highest BCUT2D eigenvalue weighted by molar-refractivity contribution is 5.70. The molecule has 3 heteroatoms. The van der Waals surface area contributed by atoms with E-state index in [1.807, 2.05) is 74.5 Å². The highest BCUT2D eigenvalue weighted by Gasteiger charge is 2.47. The van der Waals surface area contributed by atoms with E-state index in [0.29, 0.717) is 0 Å². The average Bonchev–Trinajstić information content (AvgIpc) is 2.80. The van der Waals surface area contributed by atoms with E-state index in [0.717, 1.165) is 17.5 Å². The zero-order valence-corrected chi connectivity index (χ0v) is 12.3. The predicted molar refractivity (Wildman–Crippen MR) is 83.1 cm³/mol. The monoisotopic (exact) mass is 281 g/mol. The molecular weight excluding hydrogens is 262 g/mol. The van der Waals surface area contributed by atoms with Gasteiger partial charge in [0.15, 0.2) is 0 Å². The van der Waals surface area contributed by atoms with Crippen LogP contribution in [0.2, 0.25) is 0 Å². The lowest BCUT2D eigenvalue weighted by Gasteiger charge is -2.33. The van der Waals surface area contributed by atoms with Crippen molar-refractivity contribution in [2.75, 3.05) is 4.90 Å². The largest absolute Gasteiger partial charge is 0.346 e. The Morgan fingerprint density at radius 2 is 1.57 bits per heavy atom. The van der Waals surface area contributed by atoms with Crippen LogP contribution in [0, 0.1) is 0 Å². The highest BCUT2D eigenvalue weighted by Crippen LogP contribution is 2.42. The van der Waals surface area contributed by atoms with Crippen molar-refractivity contribution < 1.29 is 9.53 Å². The summed E-state index contributed by atoms with van der Waals surface area (Å²) in [6, 6.07) is 19.5. The Labute approximate surface area is 125 Å². The van der Waals surface area contributed by atoms with Gasteiger partial charge < -0.3 is 14.4 Å². The number of aldehydes is 1. The molecule has 1 saturated heterocycles. The zero-order chi connectivity index (χ0) is 14.9. The van der Waals surface area contributed by atoms with Crippen LogP contribution in [-0.4, -0.2) is 18.1 Å². The van der Waals surface area contributed by atoms with Gasteiger partial charge in [0.2, 0.25) is 0 Å². The van der Waals surface area contributed by atoms with Crippen molar-refractivity contribution in [3.63, 3.8) is 0 Å². The number of nitrogens with zero attached hydrogens (tertiary/aromatic N) is 1. The van der Waals surface area contributed by atoms with E-state index < -0.39 is 5.72 Å². The summed E-state index contributed by atoms with van der Waals surface area (Å²) in [4.78, 5) is 13.8. The summed E-state index contributed by atoms with van der Waals surface area (Å²) < 4.78 is 6.20. The van der Waals surface area contributed by atoms with Gasteiger partial charge >= 0.3 is 0 Å². The summed E-state index contributed by atoms with van der Waals surface area (Å²) in [7, 11) is 0. The maximum Gasteiger partial charge on any atom is 0.145 e. The van der Waals surface area contributed by atoms with Crippen LogP contribution in [0.4, 0.5) is 5.69 Å². The lowest BCUT2D eigenvalue weighted by Crippen LogP contribution is -2.44. The molecule has 0 aliphatic carbocycles. The number of carbonyl (C=O) groups excluding carboxylic acids is 1. The van der Waals surface area contributed by atoms with Gasteiger partial charge in [0, 0.05) is 5.69 Å². The van der Waals surface area contributed by atoms with E-state index >= 15 is 0 Å². The fourth-order valence-corrected chi connectivity index (χ4v) is 3.04. The van der Waals surface area contributed by atoms with Crippen molar-refractivity contribution in [2.24, 2.45) is 0 Å². The fraction of sp³-hybridized carbons (Fsp3) is 0.278. The van der Waals surface area contributed by atoms with Gasteiger partial charge in [-0.05, 0) is 31.5 Å². The Hall–Kier alpha value is -2.13. The SMILES string of the molecule is CC1(C)OC(c2ccccc2)C(C=O)N1c1ccccc1. The molecule has 0 aromatic heterocycles. The van der Waals surface area contributed by atoms with E-state index in [2.05, 4.69) is 4.90 Å². The summed E-state index contributed by atoms with van der Waals surface area (Å²) in [5.74, 6) is 0. The molecular formula is C18H19NO2. The molecule has 1 fully saturated rings. The van der Waals surface area contributed by atoms with E-state index in [1.54, 1.807) is 0 Å². The number of para-hydroxylation sites is 1. The van der Waals surface area contributed by atoms with Gasteiger partial charge in [-0.25, -0.2) is 0 Å². The molecule has 2 aromatic rings. The predicted octanol–water partition coefficient (Wildman–Crippen LogP) is 3.57. The van der Waals surface area contributed by atoms with Gasteiger partial charge in [-0.1, -0.05) is 48.5 Å². The fourth-order valence-electron chi connectivity index (χ4n) is 3.04. The summed E-state index contributed by atoms with van der Waals surface area (Å²) in [6.07, 6.45) is 0.735. The minimum atomic E-state index is -0.534. The number of benzene rings is 2. The maximum absolute atomic E-state index is 11.7. The van der Waals surface area contributed by atoms with Gasteiger partial charge in [0.05, 0.1) is 0 Å². The van der Waals surface area contributed by atoms with Crippen LogP contribution in [0.1, 0.15) is 25.5 Å². The molecule has 3 nitrogen and oxygen atoms in total. The quantitative estimate of drug-likeness (QED) is 0.806. The maximum atomic E-state index is 11.7. The van der Waals surface area contributed by atoms with Crippen molar-refractivity contribution in [3.8, 4) is 0 Å². The van der Waals surface area contributed by atoms with Crippen molar-refractivity contribution in [1.82, 2.24) is 0 Å². The van der Waals surface area contributed by atoms with Crippen LogP contribution < -0.4 is 4.90 Å². The van der Waals surface area contributed by atoms with Crippen molar-refractivity contribution >= 4 is 12.0 Å². The summed E-state index contributed by atoms with van der Waals surface area (Å²) in [5.41, 5.74) is 1.49. The number of anilines is 1. The molecule has 0 radical (unpaired) electrons. The molecule has 21 heavy (non-hydrogen) atoms. The summed E-state index contributed by atoms with van der Waals surface area (Å²) in [6.45, 7) is 4.00. The third kappa shape index (κ3) is 2.45. The van der Waals surface area contributed by atoms with Crippen LogP contribution >= 0.6 is 0 Å². The first-order chi connectivity index (χ1) is 10.1. The molecule has 3 rings (SSSR count). The van der Waals surface area contributed by atoms with Crippen molar-refractivity contribution in [2.45, 2.75) is 31.7 Å². The van der Waals surface area contributed by atoms with Crippen LogP contribution in [0.5, 0.6) is 0 Å². The highest BCUT2D eigenvalue weighted by atomic mass is 16.5. The molecule has 2 atom stereocenters. The number of hydrogen-bond acceptors (Lipinski definition) is 3. The average molecular weight is 281 g/mol. The minimum Gasteiger partial charge on any atom is -0.346 e. The standard InChI is InChI=1S/C18H19NO2/c1-18(2)19(15-11-7-4-8-12-15)16(13-20)17(21-18)14-9-5-3-6-10-14/h3-13,16-17H,1-2H3. The van der Waals surface area contributed by atoms with Gasteiger partial charge in [-0.2, -0.15) is 0 Å². The van der Waals surface area contributed by atoms with E-state index in [4.69, 9.17) is 4.74 Å². The van der Waals surface area contributed by atoms with Crippen LogP contribution in [0.3, 0.4) is 0 Å². The zero-order valence-electron chi connectivity index (χ0n) is 12.3. The summed E-state index contributed by atoms with van der Waals surface area (Å²) in [5, 5.41) is 0. The second-order valence-electron chi connectivity index (χ2n) is 5.73. The van der Waals surface area contributed by atoms with Crippen LogP contribution in [-0.2, 0) is 9.53 Å². The van der Waals surface area contributed by atoms with Crippen molar-refractivity contribution in [1.29, 1.82) is 0 Å². The number of rotatable bonds is 3. The molecule has 1 heterocycles. The number of ether oxygens (including phenoxy) is 1. The van der Waals surface area contributed by atoms with Crippen LogP contribution in [0.15, 0.2) is 60.7 Å². The first-order valence-corrected chi connectivity index (χ1v) is 7.16. The Morgan fingerprint density at radius 1 is 1.00 bits per heavy atom. The lowest BCUT2D eigenvalue weighted by molar-refractivity contribution is -0.110. The molecule has 2 aromatic carbocycles. The Bertz CT molecular complexity index is 610. The molecule has 0 N–H and O–H groups in total. The van der Waals surface area contributed by atoms with Crippen LogP contribution in [0.25, 0.3) is 0 Å². The van der Waals surface area contributed by atoms with Gasteiger partial charge in [-0.15, -0.1) is 0 Å². The molecule has 2 unspecified atom stereocenters. The second-order valence-corrected chi connectivity index (χ2v) is 5.73. The second kappa shape index (κ2) is 5.34. The molecule has 0 spiro atoms. The Balaban J connectivity index is 2.02.